The smallest absolute Gasteiger partial charge is 0.313 e. The number of carbonyl (C=O) groups is 1. The first-order valence-electron chi connectivity index (χ1n) is 6.12. The summed E-state index contributed by atoms with van der Waals surface area (Å²) in [6, 6.07) is 0. The average molecular weight is 244 g/mol. The molecule has 4 heteroatoms. The van der Waals surface area contributed by atoms with Crippen molar-refractivity contribution in [3.8, 4) is 0 Å². The van der Waals surface area contributed by atoms with Gasteiger partial charge in [0.2, 0.25) is 0 Å². The van der Waals surface area contributed by atoms with Gasteiger partial charge in [0.15, 0.2) is 0 Å². The number of hydrogen-bond donors (Lipinski definition) is 2. The maximum atomic E-state index is 10.3. The molecule has 2 aliphatic rings. The van der Waals surface area contributed by atoms with Crippen molar-refractivity contribution < 1.29 is 15.0 Å². The van der Waals surface area contributed by atoms with E-state index < -0.39 is 5.97 Å². The van der Waals surface area contributed by atoms with Crippen LogP contribution in [0.1, 0.15) is 32.1 Å². The van der Waals surface area contributed by atoms with E-state index >= 15 is 0 Å². The molecule has 0 saturated heterocycles. The highest BCUT2D eigenvalue weighted by Gasteiger charge is 2.40. The van der Waals surface area contributed by atoms with Crippen LogP contribution in [0, 0.1) is 17.8 Å². The van der Waals surface area contributed by atoms with E-state index in [-0.39, 0.29) is 11.9 Å². The second kappa shape index (κ2) is 5.41. The predicted molar refractivity (Wildman–Crippen MR) is 64.5 cm³/mol. The molecule has 0 spiro atoms. The van der Waals surface area contributed by atoms with Crippen molar-refractivity contribution >= 4 is 17.7 Å². The van der Waals surface area contributed by atoms with Gasteiger partial charge in [-0.05, 0) is 55.6 Å². The fourth-order valence-corrected chi connectivity index (χ4v) is 4.17. The highest BCUT2D eigenvalue weighted by Crippen LogP contribution is 2.47. The second-order valence-electron chi connectivity index (χ2n) is 5.22. The van der Waals surface area contributed by atoms with E-state index in [0.29, 0.717) is 0 Å². The van der Waals surface area contributed by atoms with Crippen LogP contribution in [-0.2, 0) is 4.79 Å². The molecular formula is C12H20O3S. The van der Waals surface area contributed by atoms with Crippen LogP contribution in [0.5, 0.6) is 0 Å². The topological polar surface area (TPSA) is 57.5 Å². The lowest BCUT2D eigenvalue weighted by Crippen LogP contribution is -2.05. The molecule has 92 valence electrons. The SMILES string of the molecule is O=C(O)CSCCC1C[C@@H]2C[C@@H](O)C[C@@H]2C1. The molecular weight excluding hydrogens is 224 g/mol. The molecule has 4 atom stereocenters. The van der Waals surface area contributed by atoms with Crippen LogP contribution < -0.4 is 0 Å². The van der Waals surface area contributed by atoms with Gasteiger partial charge in [0.1, 0.15) is 0 Å². The third-order valence-corrected chi connectivity index (χ3v) is 4.96. The molecule has 1 unspecified atom stereocenters. The Kier molecular flexibility index (Phi) is 4.14. The van der Waals surface area contributed by atoms with Crippen molar-refractivity contribution in [3.63, 3.8) is 0 Å². The van der Waals surface area contributed by atoms with Crippen molar-refractivity contribution in [2.45, 2.75) is 38.2 Å². The zero-order valence-electron chi connectivity index (χ0n) is 9.47. The van der Waals surface area contributed by atoms with E-state index in [0.717, 1.165) is 42.8 Å². The molecule has 3 nitrogen and oxygen atoms in total. The Morgan fingerprint density at radius 1 is 1.19 bits per heavy atom. The quantitative estimate of drug-likeness (QED) is 0.726. The van der Waals surface area contributed by atoms with Crippen molar-refractivity contribution in [2.75, 3.05) is 11.5 Å². The van der Waals surface area contributed by atoms with Crippen LogP contribution in [0.3, 0.4) is 0 Å². The zero-order chi connectivity index (χ0) is 11.5. The highest BCUT2D eigenvalue weighted by atomic mass is 32.2. The summed E-state index contributed by atoms with van der Waals surface area (Å²) in [5.41, 5.74) is 0. The Balaban J connectivity index is 1.61. The van der Waals surface area contributed by atoms with E-state index in [9.17, 15) is 9.90 Å². The molecule has 0 heterocycles. The van der Waals surface area contributed by atoms with Gasteiger partial charge in [0, 0.05) is 0 Å². The Morgan fingerprint density at radius 2 is 1.81 bits per heavy atom. The molecule has 2 aliphatic carbocycles. The second-order valence-corrected chi connectivity index (χ2v) is 6.32. The maximum Gasteiger partial charge on any atom is 0.313 e. The van der Waals surface area contributed by atoms with Gasteiger partial charge in [0.25, 0.3) is 0 Å². The molecule has 0 amide bonds. The fraction of sp³-hybridized carbons (Fsp3) is 0.917. The van der Waals surface area contributed by atoms with Crippen molar-refractivity contribution in [1.29, 1.82) is 0 Å². The standard InChI is InChI=1S/C12H20O3S/c13-11-5-9-3-8(4-10(9)6-11)1-2-16-7-12(14)15/h8-11,13H,1-7H2,(H,14,15)/t8?,9-,10+,11-. The van der Waals surface area contributed by atoms with Crippen LogP contribution in [0.15, 0.2) is 0 Å². The molecule has 2 rings (SSSR count). The maximum absolute atomic E-state index is 10.3. The molecule has 2 saturated carbocycles. The summed E-state index contributed by atoms with van der Waals surface area (Å²) >= 11 is 1.53. The summed E-state index contributed by atoms with van der Waals surface area (Å²) in [6.45, 7) is 0. The van der Waals surface area contributed by atoms with E-state index in [2.05, 4.69) is 0 Å². The van der Waals surface area contributed by atoms with E-state index in [1.807, 2.05) is 0 Å². The van der Waals surface area contributed by atoms with Gasteiger partial charge < -0.3 is 10.2 Å². The summed E-state index contributed by atoms with van der Waals surface area (Å²) in [5, 5.41) is 18.0. The lowest BCUT2D eigenvalue weighted by Gasteiger charge is -2.11. The Labute approximate surface area is 101 Å². The molecule has 2 N–H and O–H groups in total. The molecule has 2 fully saturated rings. The highest BCUT2D eigenvalue weighted by molar-refractivity contribution is 7.99. The summed E-state index contributed by atoms with van der Waals surface area (Å²) in [7, 11) is 0. The normalized spacial score (nSPS) is 37.6. The molecule has 16 heavy (non-hydrogen) atoms. The first kappa shape index (κ1) is 12.2. The first-order valence-corrected chi connectivity index (χ1v) is 7.28. The van der Waals surface area contributed by atoms with Gasteiger partial charge in [-0.25, -0.2) is 0 Å². The van der Waals surface area contributed by atoms with Crippen molar-refractivity contribution in [2.24, 2.45) is 17.8 Å². The largest absolute Gasteiger partial charge is 0.481 e. The number of carboxylic acids is 1. The van der Waals surface area contributed by atoms with Gasteiger partial charge >= 0.3 is 5.97 Å². The summed E-state index contributed by atoms with van der Waals surface area (Å²) in [6.07, 6.45) is 5.64. The Morgan fingerprint density at radius 3 is 2.38 bits per heavy atom. The number of aliphatic hydroxyl groups is 1. The van der Waals surface area contributed by atoms with Gasteiger partial charge in [-0.15, -0.1) is 0 Å². The van der Waals surface area contributed by atoms with Crippen LogP contribution in [0.25, 0.3) is 0 Å². The first-order chi connectivity index (χ1) is 7.65. The van der Waals surface area contributed by atoms with E-state index in [1.165, 1.54) is 24.6 Å². The summed E-state index contributed by atoms with van der Waals surface area (Å²) in [5.74, 6) is 2.78. The fourth-order valence-electron chi connectivity index (χ4n) is 3.36. The van der Waals surface area contributed by atoms with Crippen LogP contribution in [0.2, 0.25) is 0 Å². The van der Waals surface area contributed by atoms with Crippen LogP contribution in [0.4, 0.5) is 0 Å². The number of aliphatic hydroxyl groups excluding tert-OH is 1. The van der Waals surface area contributed by atoms with E-state index in [4.69, 9.17) is 5.11 Å². The number of fused-ring (bicyclic) bond motifs is 1. The number of rotatable bonds is 5. The monoisotopic (exact) mass is 244 g/mol. The van der Waals surface area contributed by atoms with Gasteiger partial charge in [-0.2, -0.15) is 11.8 Å². The van der Waals surface area contributed by atoms with Crippen molar-refractivity contribution in [1.82, 2.24) is 0 Å². The number of thioether (sulfide) groups is 1. The van der Waals surface area contributed by atoms with Gasteiger partial charge in [-0.3, -0.25) is 4.79 Å². The predicted octanol–water partition coefficient (Wildman–Crippen LogP) is 1.99. The number of hydrogen-bond acceptors (Lipinski definition) is 3. The molecule has 0 aromatic rings. The minimum Gasteiger partial charge on any atom is -0.481 e. The van der Waals surface area contributed by atoms with Gasteiger partial charge in [0.05, 0.1) is 11.9 Å². The Bertz CT molecular complexity index is 243. The number of carboxylic acid groups (broad SMARTS) is 1. The lowest BCUT2D eigenvalue weighted by atomic mass is 10.0. The summed E-state index contributed by atoms with van der Waals surface area (Å²) < 4.78 is 0. The lowest BCUT2D eigenvalue weighted by molar-refractivity contribution is -0.133. The molecule has 0 aromatic heterocycles. The molecule has 0 aromatic carbocycles. The minimum absolute atomic E-state index is 0.0441. The van der Waals surface area contributed by atoms with E-state index in [1.54, 1.807) is 0 Å². The number of aliphatic carboxylic acids is 1. The Hall–Kier alpha value is -0.220. The minimum atomic E-state index is -0.712. The third kappa shape index (κ3) is 3.14. The van der Waals surface area contributed by atoms with Crippen LogP contribution in [-0.4, -0.2) is 33.8 Å². The van der Waals surface area contributed by atoms with Crippen LogP contribution >= 0.6 is 11.8 Å². The molecule has 0 bridgehead atoms. The molecule has 0 radical (unpaired) electrons. The summed E-state index contributed by atoms with van der Waals surface area (Å²) in [4.78, 5) is 10.3. The van der Waals surface area contributed by atoms with Gasteiger partial charge in [-0.1, -0.05) is 0 Å². The third-order valence-electron chi connectivity index (χ3n) is 3.98. The molecule has 0 aliphatic heterocycles. The zero-order valence-corrected chi connectivity index (χ0v) is 10.3. The van der Waals surface area contributed by atoms with Crippen molar-refractivity contribution in [3.05, 3.63) is 0 Å². The average Bonchev–Trinajstić information content (AvgIpc) is 2.68.